The molecule has 0 saturated carbocycles. The molecule has 3 saturated heterocycles. The number of pyridine rings is 1. The lowest BCUT2D eigenvalue weighted by Gasteiger charge is -2.28. The predicted molar refractivity (Wildman–Crippen MR) is 108 cm³/mol. The Bertz CT molecular complexity index is 903. The molecule has 0 N–H and O–H groups in total. The van der Waals surface area contributed by atoms with Crippen molar-refractivity contribution in [3.05, 3.63) is 24.5 Å². The van der Waals surface area contributed by atoms with E-state index < -0.39 is 0 Å². The summed E-state index contributed by atoms with van der Waals surface area (Å²) in [5, 5.41) is 0. The third-order valence-corrected chi connectivity index (χ3v) is 7.22. The Labute approximate surface area is 165 Å². The van der Waals surface area contributed by atoms with Crippen molar-refractivity contribution >= 4 is 22.9 Å². The quantitative estimate of drug-likeness (QED) is 0.792. The van der Waals surface area contributed by atoms with Gasteiger partial charge < -0.3 is 14.7 Å². The van der Waals surface area contributed by atoms with Crippen molar-refractivity contribution in [2.24, 2.45) is 11.3 Å². The van der Waals surface area contributed by atoms with E-state index in [-0.39, 0.29) is 11.3 Å². The van der Waals surface area contributed by atoms with Gasteiger partial charge in [0.05, 0.1) is 5.92 Å². The summed E-state index contributed by atoms with van der Waals surface area (Å²) < 4.78 is 0. The second kappa shape index (κ2) is 6.65. The number of anilines is 1. The first kappa shape index (κ1) is 17.8. The number of hydrogen-bond donors (Lipinski definition) is 0. The maximum absolute atomic E-state index is 13.1. The Morgan fingerprint density at radius 1 is 1.11 bits per heavy atom. The van der Waals surface area contributed by atoms with Crippen molar-refractivity contribution in [2.45, 2.75) is 32.2 Å². The molecule has 28 heavy (non-hydrogen) atoms. The summed E-state index contributed by atoms with van der Waals surface area (Å²) in [6, 6.07) is 4.40. The van der Waals surface area contributed by atoms with E-state index in [9.17, 15) is 4.79 Å². The van der Waals surface area contributed by atoms with Gasteiger partial charge >= 0.3 is 0 Å². The summed E-state index contributed by atoms with van der Waals surface area (Å²) in [5.74, 6) is 1.50. The van der Waals surface area contributed by atoms with Gasteiger partial charge in [-0.25, -0.2) is 9.97 Å². The van der Waals surface area contributed by atoms with Crippen LogP contribution in [0.3, 0.4) is 0 Å². The van der Waals surface area contributed by atoms with Crippen molar-refractivity contribution < 1.29 is 4.79 Å². The van der Waals surface area contributed by atoms with Crippen molar-refractivity contribution in [2.75, 3.05) is 44.7 Å². The molecule has 0 bridgehead atoms. The van der Waals surface area contributed by atoms with Crippen molar-refractivity contribution in [1.82, 2.24) is 24.8 Å². The average molecular weight is 380 g/mol. The van der Waals surface area contributed by atoms with Crippen LogP contribution < -0.4 is 4.90 Å². The molecule has 0 radical (unpaired) electrons. The van der Waals surface area contributed by atoms with Crippen LogP contribution in [0.2, 0.25) is 0 Å². The van der Waals surface area contributed by atoms with Gasteiger partial charge in [-0.05, 0) is 51.9 Å². The Balaban J connectivity index is 1.28. The fourth-order valence-corrected chi connectivity index (χ4v) is 5.27. The summed E-state index contributed by atoms with van der Waals surface area (Å²) in [6.07, 6.45) is 6.60. The minimum atomic E-state index is 0.165. The number of likely N-dealkylation sites (tertiary alicyclic amines) is 2. The molecular weight excluding hydrogens is 352 g/mol. The molecule has 3 aliphatic rings. The van der Waals surface area contributed by atoms with Gasteiger partial charge in [0.1, 0.15) is 11.3 Å². The number of carbonyl (C=O) groups excluding carboxylic acids is 1. The molecule has 1 amide bonds. The minimum absolute atomic E-state index is 0.165. The van der Waals surface area contributed by atoms with Crippen molar-refractivity contribution in [1.29, 1.82) is 0 Å². The third-order valence-electron chi connectivity index (χ3n) is 7.22. The number of fused-ring (bicyclic) bond motifs is 1. The van der Waals surface area contributed by atoms with Gasteiger partial charge in [-0.1, -0.05) is 0 Å². The summed E-state index contributed by atoms with van der Waals surface area (Å²) in [4.78, 5) is 33.3. The molecule has 148 valence electrons. The third kappa shape index (κ3) is 2.92. The second-order valence-corrected chi connectivity index (χ2v) is 8.87. The van der Waals surface area contributed by atoms with E-state index >= 15 is 0 Å². The first-order valence-corrected chi connectivity index (χ1v) is 10.4. The highest BCUT2D eigenvalue weighted by molar-refractivity contribution is 5.80. The van der Waals surface area contributed by atoms with Crippen molar-refractivity contribution in [3.63, 3.8) is 0 Å². The van der Waals surface area contributed by atoms with E-state index in [0.717, 1.165) is 63.3 Å². The Hall–Kier alpha value is -2.28. The topological polar surface area (TPSA) is 65.5 Å². The zero-order valence-electron chi connectivity index (χ0n) is 16.7. The van der Waals surface area contributed by atoms with E-state index in [1.165, 1.54) is 0 Å². The number of nitrogens with zero attached hydrogens (tertiary/aromatic N) is 6. The summed E-state index contributed by atoms with van der Waals surface area (Å²) >= 11 is 0. The lowest BCUT2D eigenvalue weighted by Crippen LogP contribution is -2.41. The van der Waals surface area contributed by atoms with Gasteiger partial charge in [-0.2, -0.15) is 0 Å². The van der Waals surface area contributed by atoms with Gasteiger partial charge in [-0.3, -0.25) is 9.78 Å². The smallest absolute Gasteiger partial charge is 0.227 e. The number of rotatable bonds is 2. The standard InChI is InChI=1S/C21H28N6O/c1-15-16(5-10-25(15)2)20(28)27-12-7-21(14-27)6-11-26(13-21)18-4-3-17-19(24-18)23-9-8-22-17/h3-4,8-9,15-16H,5-7,10-14H2,1-2H3/t15-,16-,21?/m1/s1. The molecule has 0 aliphatic carbocycles. The van der Waals surface area contributed by atoms with Crippen LogP contribution in [0.1, 0.15) is 26.2 Å². The van der Waals surface area contributed by atoms with Crippen LogP contribution in [0.25, 0.3) is 11.2 Å². The van der Waals surface area contributed by atoms with E-state index in [2.05, 4.69) is 38.6 Å². The summed E-state index contributed by atoms with van der Waals surface area (Å²) in [5.41, 5.74) is 1.74. The van der Waals surface area contributed by atoms with E-state index in [1.54, 1.807) is 12.4 Å². The molecule has 7 nitrogen and oxygen atoms in total. The number of amides is 1. The SMILES string of the molecule is C[C@@H]1[C@H](C(=O)N2CCC3(CCN(c4ccc5nccnc5n4)C3)C2)CCN1C. The van der Waals surface area contributed by atoms with Crippen LogP contribution in [0.4, 0.5) is 5.82 Å². The lowest BCUT2D eigenvalue weighted by molar-refractivity contribution is -0.135. The van der Waals surface area contributed by atoms with E-state index in [0.29, 0.717) is 17.6 Å². The maximum atomic E-state index is 13.1. The highest BCUT2D eigenvalue weighted by atomic mass is 16.2. The van der Waals surface area contributed by atoms with Gasteiger partial charge in [0, 0.05) is 50.0 Å². The molecule has 5 heterocycles. The van der Waals surface area contributed by atoms with E-state index in [4.69, 9.17) is 4.98 Å². The molecule has 0 aromatic carbocycles. The number of hydrogen-bond acceptors (Lipinski definition) is 6. The monoisotopic (exact) mass is 380 g/mol. The normalized spacial score (nSPS) is 30.8. The van der Waals surface area contributed by atoms with Gasteiger partial charge in [0.2, 0.25) is 5.91 Å². The highest BCUT2D eigenvalue weighted by Crippen LogP contribution is 2.42. The molecular formula is C21H28N6O. The predicted octanol–water partition coefficient (Wildman–Crippen LogP) is 1.79. The van der Waals surface area contributed by atoms with Gasteiger partial charge in [0.15, 0.2) is 5.65 Å². The molecule has 1 spiro atoms. The lowest BCUT2D eigenvalue weighted by atomic mass is 9.86. The van der Waals surface area contributed by atoms with Crippen LogP contribution in [0, 0.1) is 11.3 Å². The molecule has 7 heteroatoms. The molecule has 2 aromatic rings. The minimum Gasteiger partial charge on any atom is -0.356 e. The Morgan fingerprint density at radius 2 is 1.93 bits per heavy atom. The Kier molecular flexibility index (Phi) is 4.23. The van der Waals surface area contributed by atoms with Gasteiger partial charge in [-0.15, -0.1) is 0 Å². The van der Waals surface area contributed by atoms with Gasteiger partial charge in [0.25, 0.3) is 0 Å². The zero-order valence-corrected chi connectivity index (χ0v) is 16.7. The zero-order chi connectivity index (χ0) is 19.3. The largest absolute Gasteiger partial charge is 0.356 e. The summed E-state index contributed by atoms with van der Waals surface area (Å²) in [7, 11) is 2.12. The molecule has 3 aliphatic heterocycles. The fourth-order valence-electron chi connectivity index (χ4n) is 5.27. The first-order valence-electron chi connectivity index (χ1n) is 10.4. The van der Waals surface area contributed by atoms with Crippen LogP contribution in [0.5, 0.6) is 0 Å². The number of carbonyl (C=O) groups is 1. The highest BCUT2D eigenvalue weighted by Gasteiger charge is 2.47. The van der Waals surface area contributed by atoms with Crippen LogP contribution in [-0.4, -0.2) is 76.5 Å². The van der Waals surface area contributed by atoms with Crippen LogP contribution in [-0.2, 0) is 4.79 Å². The van der Waals surface area contributed by atoms with Crippen LogP contribution in [0.15, 0.2) is 24.5 Å². The second-order valence-electron chi connectivity index (χ2n) is 8.87. The first-order chi connectivity index (χ1) is 13.5. The fraction of sp³-hybridized carbons (Fsp3) is 0.619. The molecule has 3 fully saturated rings. The average Bonchev–Trinajstić information content (AvgIpc) is 3.42. The van der Waals surface area contributed by atoms with Crippen LogP contribution >= 0.6 is 0 Å². The van der Waals surface area contributed by atoms with Crippen molar-refractivity contribution in [3.8, 4) is 0 Å². The number of aromatic nitrogens is 3. The molecule has 5 rings (SSSR count). The maximum Gasteiger partial charge on any atom is 0.227 e. The molecule has 3 atom stereocenters. The summed E-state index contributed by atoms with van der Waals surface area (Å²) in [6.45, 7) is 6.96. The molecule has 2 aromatic heterocycles. The van der Waals surface area contributed by atoms with E-state index in [1.807, 2.05) is 12.1 Å². The Morgan fingerprint density at radius 3 is 2.75 bits per heavy atom. The molecule has 1 unspecified atom stereocenters.